The van der Waals surface area contributed by atoms with Crippen molar-refractivity contribution < 1.29 is 19.4 Å². The molecule has 0 aromatic heterocycles. The van der Waals surface area contributed by atoms with Crippen LogP contribution in [-0.2, 0) is 9.78 Å². The van der Waals surface area contributed by atoms with Gasteiger partial charge in [-0.3, -0.25) is 9.68 Å². The maximum absolute atomic E-state index is 12.7. The minimum Gasteiger partial charge on any atom is -0.292 e. The fourth-order valence-electron chi connectivity index (χ4n) is 2.01. The van der Waals surface area contributed by atoms with E-state index in [1.165, 1.54) is 0 Å². The van der Waals surface area contributed by atoms with E-state index in [1.807, 2.05) is 19.1 Å². The first-order valence-electron chi connectivity index (χ1n) is 7.38. The number of carbonyl (C=O) groups is 2. The van der Waals surface area contributed by atoms with Crippen LogP contribution in [0, 0.1) is 6.92 Å². The molecule has 0 saturated carbocycles. The lowest BCUT2D eigenvalue weighted by Gasteiger charge is -2.17. The van der Waals surface area contributed by atoms with Gasteiger partial charge in [0.2, 0.25) is 0 Å². The van der Waals surface area contributed by atoms with Gasteiger partial charge in [-0.2, -0.15) is 4.89 Å². The summed E-state index contributed by atoms with van der Waals surface area (Å²) < 4.78 is 0. The van der Waals surface area contributed by atoms with E-state index in [-0.39, 0.29) is 11.3 Å². The Morgan fingerprint density at radius 3 is 2.17 bits per heavy atom. The molecule has 0 atom stereocenters. The van der Waals surface area contributed by atoms with Gasteiger partial charge in [-0.05, 0) is 39.8 Å². The van der Waals surface area contributed by atoms with E-state index in [0.717, 1.165) is 5.56 Å². The van der Waals surface area contributed by atoms with Gasteiger partial charge in [-0.1, -0.05) is 42.0 Å². The molecule has 0 aliphatic heterocycles. The molecule has 0 unspecified atom stereocenters. The van der Waals surface area contributed by atoms with Gasteiger partial charge >= 0.3 is 5.97 Å². The predicted molar refractivity (Wildman–Crippen MR) is 87.3 cm³/mol. The Bertz CT molecular complexity index is 726. The molecule has 0 N–H and O–H groups in total. The molecule has 4 heteroatoms. The second-order valence-electron chi connectivity index (χ2n) is 6.31. The average Bonchev–Trinajstić information content (AvgIpc) is 2.51. The summed E-state index contributed by atoms with van der Waals surface area (Å²) >= 11 is 0. The van der Waals surface area contributed by atoms with Gasteiger partial charge in [-0.25, -0.2) is 4.79 Å². The standard InChI is InChI=1S/C19H20O4/c1-13-8-7-9-14(12-13)17(20)15-10-5-6-11-16(15)18(21)22-23-19(2,3)4/h5-12H,1-4H3. The minimum absolute atomic E-state index is 0.184. The van der Waals surface area contributed by atoms with E-state index in [4.69, 9.17) is 9.78 Å². The lowest BCUT2D eigenvalue weighted by molar-refractivity contribution is -0.301. The van der Waals surface area contributed by atoms with Crippen molar-refractivity contribution >= 4 is 11.8 Å². The number of ketones is 1. The zero-order valence-electron chi connectivity index (χ0n) is 13.8. The molecule has 23 heavy (non-hydrogen) atoms. The third kappa shape index (κ3) is 4.50. The number of aryl methyl sites for hydroxylation is 1. The monoisotopic (exact) mass is 312 g/mol. The molecule has 0 amide bonds. The zero-order chi connectivity index (χ0) is 17.0. The fraction of sp³-hybridized carbons (Fsp3) is 0.263. The molecule has 2 aromatic carbocycles. The van der Waals surface area contributed by atoms with E-state index in [0.29, 0.717) is 11.1 Å². The quantitative estimate of drug-likeness (QED) is 0.484. The molecule has 0 spiro atoms. The van der Waals surface area contributed by atoms with Gasteiger partial charge < -0.3 is 0 Å². The molecule has 0 aliphatic carbocycles. The van der Waals surface area contributed by atoms with E-state index in [2.05, 4.69) is 0 Å². The molecular weight excluding hydrogens is 292 g/mol. The first-order chi connectivity index (χ1) is 10.8. The molecular formula is C19H20O4. The van der Waals surface area contributed by atoms with Crippen LogP contribution < -0.4 is 0 Å². The topological polar surface area (TPSA) is 52.6 Å². The average molecular weight is 312 g/mol. The Balaban J connectivity index is 2.30. The minimum atomic E-state index is -0.684. The van der Waals surface area contributed by atoms with Crippen LogP contribution in [0.3, 0.4) is 0 Å². The first kappa shape index (κ1) is 16.9. The Morgan fingerprint density at radius 1 is 0.913 bits per heavy atom. The summed E-state index contributed by atoms with van der Waals surface area (Å²) in [5.74, 6) is -0.909. The second kappa shape index (κ2) is 6.75. The van der Waals surface area contributed by atoms with Crippen LogP contribution in [0.2, 0.25) is 0 Å². The number of hydrogen-bond acceptors (Lipinski definition) is 4. The smallest absolute Gasteiger partial charge is 0.292 e. The SMILES string of the molecule is Cc1cccc(C(=O)c2ccccc2C(=O)OOC(C)(C)C)c1. The highest BCUT2D eigenvalue weighted by atomic mass is 17.2. The Labute approximate surface area is 136 Å². The van der Waals surface area contributed by atoms with Crippen molar-refractivity contribution in [2.75, 3.05) is 0 Å². The molecule has 0 aliphatic rings. The second-order valence-corrected chi connectivity index (χ2v) is 6.31. The number of carbonyl (C=O) groups excluding carboxylic acids is 2. The molecule has 0 heterocycles. The molecule has 0 radical (unpaired) electrons. The largest absolute Gasteiger partial charge is 0.373 e. The highest BCUT2D eigenvalue weighted by Gasteiger charge is 2.22. The number of benzene rings is 2. The van der Waals surface area contributed by atoms with Gasteiger partial charge in [0.25, 0.3) is 0 Å². The molecule has 0 saturated heterocycles. The predicted octanol–water partition coefficient (Wildman–Crippen LogP) is 4.11. The van der Waals surface area contributed by atoms with Crippen molar-refractivity contribution in [3.8, 4) is 0 Å². The molecule has 4 nitrogen and oxygen atoms in total. The number of hydrogen-bond donors (Lipinski definition) is 0. The summed E-state index contributed by atoms with van der Waals surface area (Å²) in [7, 11) is 0. The summed E-state index contributed by atoms with van der Waals surface area (Å²) in [5, 5.41) is 0. The zero-order valence-corrected chi connectivity index (χ0v) is 13.8. The molecule has 0 bridgehead atoms. The maximum atomic E-state index is 12.7. The van der Waals surface area contributed by atoms with Crippen molar-refractivity contribution in [1.82, 2.24) is 0 Å². The highest BCUT2D eigenvalue weighted by molar-refractivity contribution is 6.14. The van der Waals surface area contributed by atoms with Crippen LogP contribution in [0.25, 0.3) is 0 Å². The van der Waals surface area contributed by atoms with Gasteiger partial charge in [0.15, 0.2) is 5.78 Å². The van der Waals surface area contributed by atoms with Crippen molar-refractivity contribution in [1.29, 1.82) is 0 Å². The highest BCUT2D eigenvalue weighted by Crippen LogP contribution is 2.18. The van der Waals surface area contributed by atoms with Crippen LogP contribution in [0.15, 0.2) is 48.5 Å². The van der Waals surface area contributed by atoms with Gasteiger partial charge in [0, 0.05) is 11.1 Å². The Morgan fingerprint density at radius 2 is 1.57 bits per heavy atom. The third-order valence-corrected chi connectivity index (χ3v) is 3.04. The van der Waals surface area contributed by atoms with Crippen LogP contribution in [0.1, 0.15) is 52.6 Å². The molecule has 120 valence electrons. The number of rotatable bonds is 4. The van der Waals surface area contributed by atoms with Gasteiger partial charge in [-0.15, -0.1) is 0 Å². The molecule has 0 fully saturated rings. The van der Waals surface area contributed by atoms with E-state index >= 15 is 0 Å². The third-order valence-electron chi connectivity index (χ3n) is 3.04. The fourth-order valence-corrected chi connectivity index (χ4v) is 2.01. The maximum Gasteiger partial charge on any atom is 0.373 e. The van der Waals surface area contributed by atoms with E-state index in [9.17, 15) is 9.59 Å². The summed E-state index contributed by atoms with van der Waals surface area (Å²) in [5.41, 5.74) is 1.36. The van der Waals surface area contributed by atoms with E-state index < -0.39 is 11.6 Å². The summed E-state index contributed by atoms with van der Waals surface area (Å²) in [4.78, 5) is 34.8. The Kier molecular flexibility index (Phi) is 4.96. The van der Waals surface area contributed by atoms with Crippen molar-refractivity contribution in [2.24, 2.45) is 0 Å². The van der Waals surface area contributed by atoms with Gasteiger partial charge in [0.05, 0.1) is 5.56 Å². The van der Waals surface area contributed by atoms with Crippen molar-refractivity contribution in [2.45, 2.75) is 33.3 Å². The molecule has 2 aromatic rings. The summed E-state index contributed by atoms with van der Waals surface area (Å²) in [6, 6.07) is 13.8. The van der Waals surface area contributed by atoms with Gasteiger partial charge in [0.1, 0.15) is 5.60 Å². The normalized spacial score (nSPS) is 11.1. The van der Waals surface area contributed by atoms with Crippen LogP contribution in [-0.4, -0.2) is 17.4 Å². The lowest BCUT2D eigenvalue weighted by Crippen LogP contribution is -2.23. The Hall–Kier alpha value is -2.46. The van der Waals surface area contributed by atoms with Crippen molar-refractivity contribution in [3.63, 3.8) is 0 Å². The van der Waals surface area contributed by atoms with Crippen LogP contribution >= 0.6 is 0 Å². The lowest BCUT2D eigenvalue weighted by atomic mass is 9.97. The summed E-state index contributed by atoms with van der Waals surface area (Å²) in [6.45, 7) is 7.21. The van der Waals surface area contributed by atoms with Crippen LogP contribution in [0.5, 0.6) is 0 Å². The summed E-state index contributed by atoms with van der Waals surface area (Å²) in [6.07, 6.45) is 0. The van der Waals surface area contributed by atoms with Crippen molar-refractivity contribution in [3.05, 3.63) is 70.8 Å². The molecule has 2 rings (SSSR count). The van der Waals surface area contributed by atoms with E-state index in [1.54, 1.807) is 57.2 Å². The first-order valence-corrected chi connectivity index (χ1v) is 7.38. The van der Waals surface area contributed by atoms with Crippen LogP contribution in [0.4, 0.5) is 0 Å².